The Bertz CT molecular complexity index is 268. The van der Waals surface area contributed by atoms with Crippen LogP contribution in [-0.2, 0) is 14.3 Å². The highest BCUT2D eigenvalue weighted by Gasteiger charge is 2.12. The number of hydrogen-bond donors (Lipinski definition) is 0. The number of unbranched alkanes of at least 4 members (excludes halogenated alkanes) is 2. The fourth-order valence-corrected chi connectivity index (χ4v) is 1.18. The summed E-state index contributed by atoms with van der Waals surface area (Å²) in [4.78, 5) is 24.0. The van der Waals surface area contributed by atoms with Gasteiger partial charge >= 0.3 is 5.97 Å². The van der Waals surface area contributed by atoms with Crippen LogP contribution in [0.4, 0.5) is 0 Å². The molecule has 0 bridgehead atoms. The molecule has 0 aliphatic heterocycles. The first-order valence-corrected chi connectivity index (χ1v) is 5.44. The lowest BCUT2D eigenvalue weighted by molar-refractivity contribution is -0.148. The van der Waals surface area contributed by atoms with Gasteiger partial charge in [-0.2, -0.15) is 0 Å². The van der Waals surface area contributed by atoms with Crippen molar-refractivity contribution in [3.05, 3.63) is 0 Å². The normalized spacial score (nSPS) is 9.31. The molecule has 0 rings (SSSR count). The van der Waals surface area contributed by atoms with Crippen LogP contribution in [0.1, 0.15) is 32.6 Å². The van der Waals surface area contributed by atoms with Gasteiger partial charge in [0.1, 0.15) is 6.54 Å². The van der Waals surface area contributed by atoms with Crippen molar-refractivity contribution < 1.29 is 14.3 Å². The minimum absolute atomic E-state index is 0.0157. The SMILES string of the molecule is C#CCCCCC(=O)N(C)CC(=O)OCC. The number of carbonyl (C=O) groups is 2. The number of terminal acetylenes is 1. The van der Waals surface area contributed by atoms with Gasteiger partial charge in [0.2, 0.25) is 5.91 Å². The Morgan fingerprint density at radius 1 is 1.38 bits per heavy atom. The highest BCUT2D eigenvalue weighted by molar-refractivity contribution is 5.81. The van der Waals surface area contributed by atoms with Crippen LogP contribution in [0, 0.1) is 12.3 Å². The Balaban J connectivity index is 3.73. The summed E-state index contributed by atoms with van der Waals surface area (Å²) in [6.45, 7) is 2.09. The second-order valence-corrected chi connectivity index (χ2v) is 3.47. The molecule has 0 radical (unpaired) electrons. The van der Waals surface area contributed by atoms with Gasteiger partial charge in [-0.3, -0.25) is 9.59 Å². The van der Waals surface area contributed by atoms with Crippen LogP contribution in [0.3, 0.4) is 0 Å². The highest BCUT2D eigenvalue weighted by atomic mass is 16.5. The van der Waals surface area contributed by atoms with E-state index >= 15 is 0 Å². The summed E-state index contributed by atoms with van der Waals surface area (Å²) in [7, 11) is 1.60. The Morgan fingerprint density at radius 3 is 2.62 bits per heavy atom. The molecule has 0 saturated heterocycles. The largest absolute Gasteiger partial charge is 0.465 e. The molecule has 90 valence electrons. The Labute approximate surface area is 96.9 Å². The molecule has 0 fully saturated rings. The van der Waals surface area contributed by atoms with Crippen molar-refractivity contribution in [1.29, 1.82) is 0 Å². The van der Waals surface area contributed by atoms with E-state index < -0.39 is 0 Å². The molecule has 0 aromatic carbocycles. The summed E-state index contributed by atoms with van der Waals surface area (Å²) in [5, 5.41) is 0. The van der Waals surface area contributed by atoms with Gasteiger partial charge < -0.3 is 9.64 Å². The predicted octanol–water partition coefficient (Wildman–Crippen LogP) is 1.20. The maximum absolute atomic E-state index is 11.5. The average molecular weight is 225 g/mol. The van der Waals surface area contributed by atoms with Crippen LogP contribution in [0.2, 0.25) is 0 Å². The first-order valence-electron chi connectivity index (χ1n) is 5.44. The van der Waals surface area contributed by atoms with Gasteiger partial charge in [0, 0.05) is 19.9 Å². The van der Waals surface area contributed by atoms with Crippen LogP contribution in [0.15, 0.2) is 0 Å². The summed E-state index contributed by atoms with van der Waals surface area (Å²) in [5.74, 6) is 2.10. The van der Waals surface area contributed by atoms with Crippen molar-refractivity contribution in [2.24, 2.45) is 0 Å². The van der Waals surface area contributed by atoms with E-state index in [2.05, 4.69) is 5.92 Å². The molecule has 0 unspecified atom stereocenters. The van der Waals surface area contributed by atoms with Crippen molar-refractivity contribution >= 4 is 11.9 Å². The summed E-state index contributed by atoms with van der Waals surface area (Å²) in [5.41, 5.74) is 0. The molecule has 0 heterocycles. The fourth-order valence-electron chi connectivity index (χ4n) is 1.18. The molecule has 1 amide bonds. The monoisotopic (exact) mass is 225 g/mol. The Hall–Kier alpha value is -1.50. The summed E-state index contributed by atoms with van der Waals surface area (Å²) < 4.78 is 4.75. The zero-order valence-electron chi connectivity index (χ0n) is 9.99. The lowest BCUT2D eigenvalue weighted by Crippen LogP contribution is -2.32. The molecule has 0 saturated carbocycles. The number of ether oxygens (including phenoxy) is 1. The molecule has 0 atom stereocenters. The van der Waals surface area contributed by atoms with E-state index in [0.29, 0.717) is 19.4 Å². The quantitative estimate of drug-likeness (QED) is 0.371. The highest BCUT2D eigenvalue weighted by Crippen LogP contribution is 2.02. The number of hydrogen-bond acceptors (Lipinski definition) is 3. The average Bonchev–Trinajstić information content (AvgIpc) is 2.24. The van der Waals surface area contributed by atoms with Crippen LogP contribution >= 0.6 is 0 Å². The second kappa shape index (κ2) is 8.78. The van der Waals surface area contributed by atoms with Crippen molar-refractivity contribution in [1.82, 2.24) is 4.90 Å². The van der Waals surface area contributed by atoms with Crippen molar-refractivity contribution in [2.45, 2.75) is 32.6 Å². The van der Waals surface area contributed by atoms with Gasteiger partial charge in [0.25, 0.3) is 0 Å². The van der Waals surface area contributed by atoms with E-state index in [0.717, 1.165) is 12.8 Å². The third-order valence-corrected chi connectivity index (χ3v) is 2.06. The van der Waals surface area contributed by atoms with Gasteiger partial charge in [-0.05, 0) is 19.8 Å². The molecule has 0 N–H and O–H groups in total. The van der Waals surface area contributed by atoms with Gasteiger partial charge in [-0.1, -0.05) is 0 Å². The molecular weight excluding hydrogens is 206 g/mol. The molecule has 0 aliphatic carbocycles. The van der Waals surface area contributed by atoms with Crippen molar-refractivity contribution in [3.63, 3.8) is 0 Å². The molecular formula is C12H19NO3. The number of esters is 1. The lowest BCUT2D eigenvalue weighted by Gasteiger charge is -2.15. The van der Waals surface area contributed by atoms with Crippen LogP contribution in [0.25, 0.3) is 0 Å². The molecule has 0 aromatic rings. The van der Waals surface area contributed by atoms with E-state index in [-0.39, 0.29) is 18.4 Å². The van der Waals surface area contributed by atoms with Crippen molar-refractivity contribution in [2.75, 3.05) is 20.2 Å². The molecule has 0 aliphatic rings. The van der Waals surface area contributed by atoms with Crippen LogP contribution in [-0.4, -0.2) is 37.0 Å². The third kappa shape index (κ3) is 6.88. The van der Waals surface area contributed by atoms with Gasteiger partial charge in [0.15, 0.2) is 0 Å². The molecule has 0 aromatic heterocycles. The first-order chi connectivity index (χ1) is 7.61. The minimum atomic E-state index is -0.373. The zero-order valence-corrected chi connectivity index (χ0v) is 9.99. The molecule has 4 heteroatoms. The van der Waals surface area contributed by atoms with Crippen molar-refractivity contribution in [3.8, 4) is 12.3 Å². The van der Waals surface area contributed by atoms with E-state index in [1.807, 2.05) is 0 Å². The van der Waals surface area contributed by atoms with E-state index in [1.54, 1.807) is 14.0 Å². The van der Waals surface area contributed by atoms with Crippen LogP contribution in [0.5, 0.6) is 0 Å². The van der Waals surface area contributed by atoms with E-state index in [1.165, 1.54) is 4.90 Å². The molecule has 16 heavy (non-hydrogen) atoms. The maximum Gasteiger partial charge on any atom is 0.325 e. The predicted molar refractivity (Wildman–Crippen MR) is 61.6 cm³/mol. The number of likely N-dealkylation sites (N-methyl/N-ethyl adjacent to an activating group) is 1. The Kier molecular flexibility index (Phi) is 7.96. The second-order valence-electron chi connectivity index (χ2n) is 3.47. The molecule has 0 spiro atoms. The number of amides is 1. The summed E-state index contributed by atoms with van der Waals surface area (Å²) in [6, 6.07) is 0. The van der Waals surface area contributed by atoms with Gasteiger partial charge in [0.05, 0.1) is 6.61 Å². The minimum Gasteiger partial charge on any atom is -0.465 e. The van der Waals surface area contributed by atoms with E-state index in [9.17, 15) is 9.59 Å². The third-order valence-electron chi connectivity index (χ3n) is 2.06. The summed E-state index contributed by atoms with van der Waals surface area (Å²) >= 11 is 0. The summed E-state index contributed by atoms with van der Waals surface area (Å²) in [6.07, 6.45) is 7.82. The number of nitrogens with zero attached hydrogens (tertiary/aromatic N) is 1. The topological polar surface area (TPSA) is 46.6 Å². The number of rotatable bonds is 7. The first kappa shape index (κ1) is 14.5. The lowest BCUT2D eigenvalue weighted by atomic mass is 10.2. The fraction of sp³-hybridized carbons (Fsp3) is 0.667. The Morgan fingerprint density at radius 2 is 2.06 bits per heavy atom. The number of carbonyl (C=O) groups excluding carboxylic acids is 2. The van der Waals surface area contributed by atoms with Crippen LogP contribution < -0.4 is 0 Å². The smallest absolute Gasteiger partial charge is 0.325 e. The molecule has 4 nitrogen and oxygen atoms in total. The van der Waals surface area contributed by atoms with E-state index in [4.69, 9.17) is 11.2 Å². The maximum atomic E-state index is 11.5. The standard InChI is InChI=1S/C12H19NO3/c1-4-6-7-8-9-11(14)13(3)10-12(15)16-5-2/h1H,5-10H2,2-3H3. The van der Waals surface area contributed by atoms with Gasteiger partial charge in [-0.15, -0.1) is 12.3 Å². The zero-order chi connectivity index (χ0) is 12.4. The van der Waals surface area contributed by atoms with Gasteiger partial charge in [-0.25, -0.2) is 0 Å².